The molecule has 0 spiro atoms. The Labute approximate surface area is 355 Å². The molecule has 3 atom stereocenters. The van der Waals surface area contributed by atoms with Gasteiger partial charge in [0.15, 0.2) is 0 Å². The summed E-state index contributed by atoms with van der Waals surface area (Å²) in [5, 5.41) is 3.83. The third kappa shape index (κ3) is 8.46. The van der Waals surface area contributed by atoms with E-state index < -0.39 is 0 Å². The fourth-order valence-electron chi connectivity index (χ4n) is 8.24. The second-order valence-corrected chi connectivity index (χ2v) is 15.6. The van der Waals surface area contributed by atoms with Crippen LogP contribution in [0, 0.1) is 5.92 Å². The lowest BCUT2D eigenvalue weighted by Crippen LogP contribution is -2.30. The molecular weight excluding hydrogens is 729 g/mol. The van der Waals surface area contributed by atoms with Gasteiger partial charge >= 0.3 is 0 Å². The Balaban J connectivity index is 1.00. The third-order valence-electron chi connectivity index (χ3n) is 11.6. The van der Waals surface area contributed by atoms with Crippen LogP contribution < -0.4 is 20.0 Å². The number of nitrogens with zero attached hydrogens (tertiary/aromatic N) is 3. The van der Waals surface area contributed by atoms with Crippen molar-refractivity contribution in [3.05, 3.63) is 248 Å². The molecule has 7 aromatic carbocycles. The molecular formula is C56H50N4. The smallest absolute Gasteiger partial charge is 0.0552 e. The molecule has 2 aliphatic rings. The number of hydrogen-bond donors (Lipinski definition) is 1. The molecule has 0 radical (unpaired) electrons. The highest BCUT2D eigenvalue weighted by molar-refractivity contribution is 5.79. The van der Waals surface area contributed by atoms with Crippen molar-refractivity contribution in [1.29, 1.82) is 0 Å². The predicted octanol–water partition coefficient (Wildman–Crippen LogP) is 14.6. The molecule has 3 unspecified atom stereocenters. The van der Waals surface area contributed by atoms with Crippen molar-refractivity contribution in [2.24, 2.45) is 5.92 Å². The van der Waals surface area contributed by atoms with Gasteiger partial charge in [-0.15, -0.1) is 0 Å². The van der Waals surface area contributed by atoms with Crippen molar-refractivity contribution in [3.63, 3.8) is 0 Å². The molecule has 0 heterocycles. The van der Waals surface area contributed by atoms with E-state index in [-0.39, 0.29) is 12.0 Å². The molecule has 0 saturated heterocycles. The zero-order chi connectivity index (χ0) is 40.7. The van der Waals surface area contributed by atoms with Crippen LogP contribution in [0.4, 0.5) is 39.8 Å². The van der Waals surface area contributed by atoms with Gasteiger partial charge in [0.25, 0.3) is 0 Å². The minimum Gasteiger partial charge on any atom is -0.378 e. The van der Waals surface area contributed by atoms with E-state index in [9.17, 15) is 0 Å². The summed E-state index contributed by atoms with van der Waals surface area (Å²) in [6.07, 6.45) is 15.1. The summed E-state index contributed by atoms with van der Waals surface area (Å²) in [6, 6.07) is 69.3. The van der Waals surface area contributed by atoms with Crippen LogP contribution in [0.15, 0.2) is 242 Å². The molecule has 0 aromatic heterocycles. The van der Waals surface area contributed by atoms with Crippen molar-refractivity contribution in [1.82, 2.24) is 0 Å². The van der Waals surface area contributed by atoms with Crippen LogP contribution in [-0.4, -0.2) is 13.1 Å². The first-order chi connectivity index (χ1) is 29.6. The first kappa shape index (κ1) is 38.2. The largest absolute Gasteiger partial charge is 0.378 e. The molecule has 0 aliphatic heterocycles. The molecule has 60 heavy (non-hydrogen) atoms. The SMILES string of the molecule is CC1C=CC(N(C2=CC(c3ccc(-c4ccc(N(c5ccccc5)c5ccc(N(C)c6ccccc6)cc5)cc4)cc3)C(Nc3ccccc3)C=C2)c2ccccc2)=CC1. The highest BCUT2D eigenvalue weighted by atomic mass is 15.2. The van der Waals surface area contributed by atoms with Gasteiger partial charge in [0.2, 0.25) is 0 Å². The fourth-order valence-corrected chi connectivity index (χ4v) is 8.24. The van der Waals surface area contributed by atoms with Gasteiger partial charge in [0, 0.05) is 64.2 Å². The van der Waals surface area contributed by atoms with Gasteiger partial charge in [-0.05, 0) is 126 Å². The summed E-state index contributed by atoms with van der Waals surface area (Å²) < 4.78 is 0. The molecule has 0 bridgehead atoms. The number of hydrogen-bond acceptors (Lipinski definition) is 4. The molecule has 4 heteroatoms. The van der Waals surface area contributed by atoms with Gasteiger partial charge < -0.3 is 20.0 Å². The molecule has 4 nitrogen and oxygen atoms in total. The summed E-state index contributed by atoms with van der Waals surface area (Å²) in [6.45, 7) is 2.27. The maximum atomic E-state index is 3.83. The van der Waals surface area contributed by atoms with Gasteiger partial charge in [0.05, 0.1) is 6.04 Å². The minimum atomic E-state index is 0.0755. The van der Waals surface area contributed by atoms with E-state index in [4.69, 9.17) is 0 Å². The van der Waals surface area contributed by atoms with Crippen LogP contribution in [0.5, 0.6) is 0 Å². The predicted molar refractivity (Wildman–Crippen MR) is 255 cm³/mol. The minimum absolute atomic E-state index is 0.0755. The number of nitrogens with one attached hydrogen (secondary N) is 1. The van der Waals surface area contributed by atoms with Crippen LogP contribution in [0.1, 0.15) is 24.8 Å². The standard InChI is InChI=1S/C56H50N4/c1-42-23-31-51(32-24-42)60(50-21-13-6-14-22-50)54-39-40-56(57-46-15-7-3-8-16-46)55(41-54)45-27-25-43(26-28-45)44-29-33-52(34-30-44)59(49-19-11-5-12-20-49)53-37-35-48(36-38-53)58(2)47-17-9-4-10-18-47/h3-23,25-42,55-57H,24H2,1-2H3. The summed E-state index contributed by atoms with van der Waals surface area (Å²) in [5.41, 5.74) is 13.9. The van der Waals surface area contributed by atoms with Gasteiger partial charge in [-0.2, -0.15) is 0 Å². The van der Waals surface area contributed by atoms with Crippen molar-refractivity contribution in [3.8, 4) is 11.1 Å². The van der Waals surface area contributed by atoms with Crippen molar-refractivity contribution in [2.45, 2.75) is 25.3 Å². The Morgan fingerprint density at radius 1 is 0.450 bits per heavy atom. The van der Waals surface area contributed by atoms with Crippen LogP contribution in [-0.2, 0) is 0 Å². The number of para-hydroxylation sites is 4. The zero-order valence-electron chi connectivity index (χ0n) is 34.2. The summed E-state index contributed by atoms with van der Waals surface area (Å²) in [4.78, 5) is 6.93. The average molecular weight is 779 g/mol. The first-order valence-corrected chi connectivity index (χ1v) is 21.0. The maximum Gasteiger partial charge on any atom is 0.0552 e. The van der Waals surface area contributed by atoms with Gasteiger partial charge in [-0.3, -0.25) is 0 Å². The van der Waals surface area contributed by atoms with Gasteiger partial charge in [0.1, 0.15) is 0 Å². The molecule has 0 fully saturated rings. The van der Waals surface area contributed by atoms with E-state index in [2.05, 4.69) is 265 Å². The number of rotatable bonds is 12. The van der Waals surface area contributed by atoms with Crippen LogP contribution in [0.25, 0.3) is 11.1 Å². The Bertz CT molecular complexity index is 2600. The quantitative estimate of drug-likeness (QED) is 0.133. The second-order valence-electron chi connectivity index (χ2n) is 15.6. The van der Waals surface area contributed by atoms with Gasteiger partial charge in [-0.1, -0.05) is 140 Å². The highest BCUT2D eigenvalue weighted by Gasteiger charge is 2.27. The van der Waals surface area contributed by atoms with E-state index in [1.807, 2.05) is 0 Å². The maximum absolute atomic E-state index is 3.83. The molecule has 7 aromatic rings. The normalized spacial score (nSPS) is 17.0. The molecule has 0 amide bonds. The van der Waals surface area contributed by atoms with E-state index in [1.54, 1.807) is 0 Å². The second kappa shape index (κ2) is 17.7. The van der Waals surface area contributed by atoms with E-state index in [0.29, 0.717) is 5.92 Å². The van der Waals surface area contributed by atoms with E-state index in [1.165, 1.54) is 28.1 Å². The van der Waals surface area contributed by atoms with Crippen LogP contribution in [0.2, 0.25) is 0 Å². The third-order valence-corrected chi connectivity index (χ3v) is 11.6. The van der Waals surface area contributed by atoms with Gasteiger partial charge in [-0.25, -0.2) is 0 Å². The molecule has 2 aliphatic carbocycles. The Kier molecular flexibility index (Phi) is 11.3. The molecule has 0 saturated carbocycles. The lowest BCUT2D eigenvalue weighted by Gasteiger charge is -2.34. The Morgan fingerprint density at radius 3 is 1.47 bits per heavy atom. The van der Waals surface area contributed by atoms with E-state index >= 15 is 0 Å². The van der Waals surface area contributed by atoms with Crippen molar-refractivity contribution >= 4 is 39.8 Å². The highest BCUT2D eigenvalue weighted by Crippen LogP contribution is 2.39. The molecule has 294 valence electrons. The van der Waals surface area contributed by atoms with Crippen LogP contribution in [0.3, 0.4) is 0 Å². The number of allylic oxidation sites excluding steroid dienone is 4. The average Bonchev–Trinajstić information content (AvgIpc) is 3.32. The molecule has 1 N–H and O–H groups in total. The van der Waals surface area contributed by atoms with Crippen LogP contribution >= 0.6 is 0 Å². The monoisotopic (exact) mass is 778 g/mol. The first-order valence-electron chi connectivity index (χ1n) is 21.0. The zero-order valence-corrected chi connectivity index (χ0v) is 34.2. The summed E-state index contributed by atoms with van der Waals surface area (Å²) >= 11 is 0. The van der Waals surface area contributed by atoms with Crippen molar-refractivity contribution < 1.29 is 0 Å². The topological polar surface area (TPSA) is 21.8 Å². The lowest BCUT2D eigenvalue weighted by atomic mass is 9.85. The van der Waals surface area contributed by atoms with Crippen molar-refractivity contribution in [2.75, 3.05) is 27.1 Å². The molecule has 9 rings (SSSR count). The summed E-state index contributed by atoms with van der Waals surface area (Å²) in [7, 11) is 2.11. The number of anilines is 7. The Hall–Kier alpha value is -7.30. The fraction of sp³-hybridized carbons (Fsp3) is 0.107. The van der Waals surface area contributed by atoms with E-state index in [0.717, 1.165) is 46.2 Å². The number of benzene rings is 7. The summed E-state index contributed by atoms with van der Waals surface area (Å²) in [5.74, 6) is 0.635. The Morgan fingerprint density at radius 2 is 0.900 bits per heavy atom. The lowest BCUT2D eigenvalue weighted by molar-refractivity contribution is 0.724.